The molecule has 0 aliphatic heterocycles. The zero-order valence-corrected chi connectivity index (χ0v) is 18.6. The molecule has 0 bridgehead atoms. The number of nitrogen functional groups attached to an aromatic ring is 1. The van der Waals surface area contributed by atoms with Gasteiger partial charge in [0.1, 0.15) is 23.9 Å². The smallest absolute Gasteiger partial charge is 0.418 e. The number of fused-ring (bicyclic) bond motifs is 1. The Labute approximate surface area is 178 Å². The summed E-state index contributed by atoms with van der Waals surface area (Å²) >= 11 is 6.12. The summed E-state index contributed by atoms with van der Waals surface area (Å²) in [4.78, 5) is 4.14. The molecule has 0 unspecified atom stereocenters. The molecule has 10 heteroatoms. The quantitative estimate of drug-likeness (QED) is 0.253. The van der Waals surface area contributed by atoms with E-state index in [2.05, 4.69) is 24.6 Å². The standard InChI is InChI=1S/C20H23ClF3N3O2Si/c1-30(2,3)9-8-28-12-27-11-14(20(22,23)24)18-17(6-7-26-19(18)27)29-16-5-4-13(25)10-15(16)21/h4-7,10-11H,8-9,12,25H2,1-3H3. The third kappa shape index (κ3) is 5.27. The lowest BCUT2D eigenvalue weighted by atomic mass is 10.2. The Balaban J connectivity index is 1.97. The third-order valence-corrected chi connectivity index (χ3v) is 6.43. The van der Waals surface area contributed by atoms with E-state index in [0.29, 0.717) is 12.3 Å². The number of halogens is 4. The lowest BCUT2D eigenvalue weighted by Gasteiger charge is -2.15. The summed E-state index contributed by atoms with van der Waals surface area (Å²) in [6, 6.07) is 6.82. The lowest BCUT2D eigenvalue weighted by molar-refractivity contribution is -0.136. The maximum Gasteiger partial charge on any atom is 0.418 e. The highest BCUT2D eigenvalue weighted by molar-refractivity contribution is 6.76. The van der Waals surface area contributed by atoms with E-state index in [4.69, 9.17) is 26.8 Å². The van der Waals surface area contributed by atoms with Gasteiger partial charge in [0.15, 0.2) is 0 Å². The van der Waals surface area contributed by atoms with Gasteiger partial charge in [-0.25, -0.2) is 4.98 Å². The number of ether oxygens (including phenoxy) is 2. The number of hydrogen-bond acceptors (Lipinski definition) is 4. The minimum atomic E-state index is -4.59. The summed E-state index contributed by atoms with van der Waals surface area (Å²) in [6.45, 7) is 7.06. The van der Waals surface area contributed by atoms with E-state index in [1.54, 1.807) is 6.07 Å². The molecule has 3 rings (SSSR count). The van der Waals surface area contributed by atoms with E-state index < -0.39 is 19.8 Å². The number of hydrogen-bond donors (Lipinski definition) is 1. The van der Waals surface area contributed by atoms with Gasteiger partial charge in [-0.15, -0.1) is 0 Å². The molecule has 3 aromatic rings. The van der Waals surface area contributed by atoms with E-state index in [1.807, 2.05) is 0 Å². The number of rotatable bonds is 7. The van der Waals surface area contributed by atoms with Crippen molar-refractivity contribution in [3.8, 4) is 11.5 Å². The van der Waals surface area contributed by atoms with Crippen molar-refractivity contribution in [1.82, 2.24) is 9.55 Å². The first kappa shape index (κ1) is 22.5. The van der Waals surface area contributed by atoms with Crippen molar-refractivity contribution in [1.29, 1.82) is 0 Å². The number of benzene rings is 1. The van der Waals surface area contributed by atoms with Crippen LogP contribution in [0.25, 0.3) is 11.0 Å². The lowest BCUT2D eigenvalue weighted by Crippen LogP contribution is -2.22. The van der Waals surface area contributed by atoms with E-state index in [9.17, 15) is 13.2 Å². The largest absolute Gasteiger partial charge is 0.455 e. The second kappa shape index (κ2) is 8.48. The summed E-state index contributed by atoms with van der Waals surface area (Å²) in [5.74, 6) is 0.200. The van der Waals surface area contributed by atoms with Crippen LogP contribution in [0.15, 0.2) is 36.7 Å². The number of nitrogens with zero attached hydrogens (tertiary/aromatic N) is 2. The van der Waals surface area contributed by atoms with Crippen molar-refractivity contribution >= 4 is 36.4 Å². The second-order valence-corrected chi connectivity index (χ2v) is 14.2. The van der Waals surface area contributed by atoms with Gasteiger partial charge in [-0.1, -0.05) is 31.2 Å². The maximum absolute atomic E-state index is 13.8. The Morgan fingerprint density at radius 2 is 1.90 bits per heavy atom. The van der Waals surface area contributed by atoms with E-state index in [0.717, 1.165) is 12.2 Å². The topological polar surface area (TPSA) is 62.3 Å². The number of pyridine rings is 1. The normalized spacial score (nSPS) is 12.5. The van der Waals surface area contributed by atoms with Crippen molar-refractivity contribution in [3.05, 3.63) is 47.2 Å². The highest BCUT2D eigenvalue weighted by Crippen LogP contribution is 2.42. The van der Waals surface area contributed by atoms with Gasteiger partial charge in [-0.3, -0.25) is 0 Å². The third-order valence-electron chi connectivity index (χ3n) is 4.43. The maximum atomic E-state index is 13.8. The van der Waals surface area contributed by atoms with Crippen molar-refractivity contribution in [2.75, 3.05) is 12.3 Å². The van der Waals surface area contributed by atoms with Crippen LogP contribution in [0.3, 0.4) is 0 Å². The van der Waals surface area contributed by atoms with Crippen LogP contribution in [-0.2, 0) is 17.6 Å². The zero-order chi connectivity index (χ0) is 22.1. The molecule has 2 heterocycles. The van der Waals surface area contributed by atoms with Crippen LogP contribution in [0.2, 0.25) is 30.7 Å². The average Bonchev–Trinajstić information content (AvgIpc) is 3.00. The van der Waals surface area contributed by atoms with Crippen LogP contribution < -0.4 is 10.5 Å². The van der Waals surface area contributed by atoms with Crippen molar-refractivity contribution in [3.63, 3.8) is 0 Å². The van der Waals surface area contributed by atoms with Crippen LogP contribution in [-0.4, -0.2) is 24.2 Å². The van der Waals surface area contributed by atoms with Crippen molar-refractivity contribution < 1.29 is 22.6 Å². The molecule has 0 saturated heterocycles. The van der Waals surface area contributed by atoms with Gasteiger partial charge in [-0.2, -0.15) is 13.2 Å². The first-order chi connectivity index (χ1) is 14.0. The zero-order valence-electron chi connectivity index (χ0n) is 16.9. The molecule has 0 radical (unpaired) electrons. The summed E-state index contributed by atoms with van der Waals surface area (Å²) < 4.78 is 54.0. The second-order valence-electron chi connectivity index (χ2n) is 8.16. The summed E-state index contributed by atoms with van der Waals surface area (Å²) in [6.07, 6.45) is -2.20. The Morgan fingerprint density at radius 3 is 2.53 bits per heavy atom. The van der Waals surface area contributed by atoms with Gasteiger partial charge < -0.3 is 19.8 Å². The molecular weight excluding hydrogens is 435 g/mol. The monoisotopic (exact) mass is 457 g/mol. The summed E-state index contributed by atoms with van der Waals surface area (Å²) in [5, 5.41) is 0.0503. The number of nitrogens with two attached hydrogens (primary N) is 1. The Kier molecular flexibility index (Phi) is 6.35. The molecule has 0 saturated carbocycles. The molecule has 0 atom stereocenters. The van der Waals surface area contributed by atoms with E-state index in [1.165, 1.54) is 29.0 Å². The molecule has 2 N–H and O–H groups in total. The molecule has 0 aliphatic rings. The van der Waals surface area contributed by atoms with Gasteiger partial charge in [0.25, 0.3) is 0 Å². The first-order valence-corrected chi connectivity index (χ1v) is 13.4. The predicted octanol–water partition coefficient (Wildman–Crippen LogP) is 6.40. The van der Waals surface area contributed by atoms with Crippen LogP contribution >= 0.6 is 11.6 Å². The molecule has 0 spiro atoms. The van der Waals surface area contributed by atoms with Crippen LogP contribution in [0.1, 0.15) is 5.56 Å². The SMILES string of the molecule is C[Si](C)(C)CCOCn1cc(C(F)(F)F)c2c(Oc3ccc(N)cc3Cl)ccnc21. The Bertz CT molecular complexity index is 1050. The predicted molar refractivity (Wildman–Crippen MR) is 115 cm³/mol. The van der Waals surface area contributed by atoms with Gasteiger partial charge in [0.05, 0.1) is 16.0 Å². The molecule has 0 amide bonds. The van der Waals surface area contributed by atoms with Gasteiger partial charge >= 0.3 is 6.18 Å². The molecule has 0 fully saturated rings. The number of aromatic nitrogens is 2. The van der Waals surface area contributed by atoms with Gasteiger partial charge in [0, 0.05) is 32.8 Å². The fourth-order valence-corrected chi connectivity index (χ4v) is 3.83. The van der Waals surface area contributed by atoms with Crippen LogP contribution in [0, 0.1) is 0 Å². The highest BCUT2D eigenvalue weighted by atomic mass is 35.5. The number of alkyl halides is 3. The van der Waals surface area contributed by atoms with Crippen LogP contribution in [0.4, 0.5) is 18.9 Å². The van der Waals surface area contributed by atoms with Crippen molar-refractivity contribution in [2.45, 2.75) is 38.6 Å². The minimum absolute atomic E-state index is 0.000143. The molecule has 1 aromatic carbocycles. The summed E-state index contributed by atoms with van der Waals surface area (Å²) in [7, 11) is -1.31. The molecule has 0 aliphatic carbocycles. The summed E-state index contributed by atoms with van der Waals surface area (Å²) in [5.41, 5.74) is 5.37. The average molecular weight is 458 g/mol. The fraction of sp³-hybridized carbons (Fsp3) is 0.350. The van der Waals surface area contributed by atoms with Crippen LogP contribution in [0.5, 0.6) is 11.5 Å². The Morgan fingerprint density at radius 1 is 1.17 bits per heavy atom. The highest BCUT2D eigenvalue weighted by Gasteiger charge is 2.36. The minimum Gasteiger partial charge on any atom is -0.455 e. The molecule has 30 heavy (non-hydrogen) atoms. The molecule has 2 aromatic heterocycles. The molecular formula is C20H23ClF3N3O2Si. The van der Waals surface area contributed by atoms with Crippen molar-refractivity contribution in [2.24, 2.45) is 0 Å². The Hall–Kier alpha value is -2.23. The van der Waals surface area contributed by atoms with E-state index in [-0.39, 0.29) is 34.3 Å². The first-order valence-electron chi connectivity index (χ1n) is 9.31. The fourth-order valence-electron chi connectivity index (χ4n) is 2.84. The van der Waals surface area contributed by atoms with Gasteiger partial charge in [0.2, 0.25) is 0 Å². The number of anilines is 1. The van der Waals surface area contributed by atoms with Gasteiger partial charge in [-0.05, 0) is 30.3 Å². The van der Waals surface area contributed by atoms with E-state index >= 15 is 0 Å². The molecule has 5 nitrogen and oxygen atoms in total. The molecule has 162 valence electrons.